The summed E-state index contributed by atoms with van der Waals surface area (Å²) in [6.45, 7) is 4.81. The van der Waals surface area contributed by atoms with Gasteiger partial charge in [-0.2, -0.15) is 0 Å². The lowest BCUT2D eigenvalue weighted by Crippen LogP contribution is -2.48. The molecule has 4 aromatic carbocycles. The summed E-state index contributed by atoms with van der Waals surface area (Å²) in [5, 5.41) is 18.1. The number of benzene rings is 4. The van der Waals surface area contributed by atoms with Crippen LogP contribution in [0.15, 0.2) is 114 Å². The van der Waals surface area contributed by atoms with Crippen molar-refractivity contribution < 1.29 is 19.4 Å². The monoisotopic (exact) mass is 575 g/mol. The number of amides is 1. The number of carbonyl (C=O) groups is 1. The average molecular weight is 576 g/mol. The SMILES string of the molecule is C=CC[C@@]1(C(=O)NCc2cccc3ccccc23)N=C(c2ccc(OCCCO)cc2)O[C@@H]1c1ccccc1CN=[N+]=[N-]. The molecule has 4 aromatic rings. The second-order valence-corrected chi connectivity index (χ2v) is 10.2. The fourth-order valence-electron chi connectivity index (χ4n) is 5.33. The minimum absolute atomic E-state index is 0.0548. The molecule has 0 radical (unpaired) electrons. The third-order valence-corrected chi connectivity index (χ3v) is 7.45. The summed E-state index contributed by atoms with van der Waals surface area (Å²) in [4.78, 5) is 22.2. The van der Waals surface area contributed by atoms with E-state index in [1.54, 1.807) is 18.2 Å². The fourth-order valence-corrected chi connectivity index (χ4v) is 5.33. The Bertz CT molecular complexity index is 1670. The van der Waals surface area contributed by atoms with Crippen molar-refractivity contribution >= 4 is 22.6 Å². The van der Waals surface area contributed by atoms with E-state index in [0.717, 1.165) is 21.9 Å². The van der Waals surface area contributed by atoms with Crippen molar-refractivity contribution in [2.24, 2.45) is 10.1 Å². The first-order valence-corrected chi connectivity index (χ1v) is 14.1. The topological polar surface area (TPSA) is 129 Å². The summed E-state index contributed by atoms with van der Waals surface area (Å²) >= 11 is 0. The van der Waals surface area contributed by atoms with Gasteiger partial charge in [-0.1, -0.05) is 77.9 Å². The van der Waals surface area contributed by atoms with E-state index >= 15 is 0 Å². The van der Waals surface area contributed by atoms with Gasteiger partial charge in [0.1, 0.15) is 5.75 Å². The van der Waals surface area contributed by atoms with Crippen LogP contribution >= 0.6 is 0 Å². The van der Waals surface area contributed by atoms with Crippen LogP contribution in [0.3, 0.4) is 0 Å². The van der Waals surface area contributed by atoms with E-state index in [-0.39, 0.29) is 25.5 Å². The largest absolute Gasteiger partial charge is 0.494 e. The van der Waals surface area contributed by atoms with Crippen LogP contribution in [0.5, 0.6) is 5.75 Å². The predicted molar refractivity (Wildman–Crippen MR) is 167 cm³/mol. The molecule has 0 unspecified atom stereocenters. The summed E-state index contributed by atoms with van der Waals surface area (Å²) in [6, 6.07) is 28.8. The molecule has 2 N–H and O–H groups in total. The lowest BCUT2D eigenvalue weighted by Gasteiger charge is -2.31. The summed E-state index contributed by atoms with van der Waals surface area (Å²) in [5.74, 6) is 0.660. The first-order chi connectivity index (χ1) is 21.1. The highest BCUT2D eigenvalue weighted by Gasteiger charge is 2.52. The Morgan fingerprint density at radius 1 is 1.07 bits per heavy atom. The van der Waals surface area contributed by atoms with Crippen molar-refractivity contribution in [2.75, 3.05) is 13.2 Å². The summed E-state index contributed by atoms with van der Waals surface area (Å²) in [6.07, 6.45) is 1.61. The number of hydrogen-bond donors (Lipinski definition) is 2. The molecule has 1 amide bonds. The molecule has 9 nitrogen and oxygen atoms in total. The van der Waals surface area contributed by atoms with Gasteiger partial charge in [-0.15, -0.1) is 6.58 Å². The number of nitrogens with one attached hydrogen (secondary N) is 1. The van der Waals surface area contributed by atoms with Gasteiger partial charge in [-0.05, 0) is 57.3 Å². The van der Waals surface area contributed by atoms with Gasteiger partial charge in [0.25, 0.3) is 5.91 Å². The molecular weight excluding hydrogens is 542 g/mol. The standard InChI is InChI=1S/C34H33N5O4/c1-2-19-34(33(41)36-22-26-12-7-11-24-9-3-5-13-29(24)26)31(30-14-6-4-10-27(30)23-37-39-35)43-32(38-34)25-15-17-28(18-16-25)42-21-8-20-40/h2-7,9-18,31,40H,1,8,19-23H2,(H,36,41)/t31-,34-/m1/s1. The van der Waals surface area contributed by atoms with E-state index in [1.807, 2.05) is 78.9 Å². The second kappa shape index (κ2) is 13.7. The Labute approximate surface area is 250 Å². The fraction of sp³-hybridized carbons (Fsp3) is 0.235. The Hall–Kier alpha value is -5.11. The van der Waals surface area contributed by atoms with Crippen LogP contribution in [-0.2, 0) is 22.6 Å². The third-order valence-electron chi connectivity index (χ3n) is 7.45. The Morgan fingerprint density at radius 2 is 1.81 bits per heavy atom. The van der Waals surface area contributed by atoms with Crippen LogP contribution in [-0.4, -0.2) is 35.7 Å². The molecule has 0 spiro atoms. The molecule has 0 bridgehead atoms. The predicted octanol–water partition coefficient (Wildman–Crippen LogP) is 6.56. The normalized spacial score (nSPS) is 17.4. The van der Waals surface area contributed by atoms with Crippen molar-refractivity contribution in [1.82, 2.24) is 5.32 Å². The lowest BCUT2D eigenvalue weighted by molar-refractivity contribution is -0.129. The molecule has 0 fully saturated rings. The van der Waals surface area contributed by atoms with Crippen LogP contribution in [0.2, 0.25) is 0 Å². The average Bonchev–Trinajstić information content (AvgIpc) is 3.43. The molecule has 0 saturated carbocycles. The molecule has 1 aliphatic rings. The highest BCUT2D eigenvalue weighted by Crippen LogP contribution is 2.44. The van der Waals surface area contributed by atoms with E-state index in [4.69, 9.17) is 25.1 Å². The number of aliphatic imine (C=N–C) groups is 1. The number of ether oxygens (including phenoxy) is 2. The van der Waals surface area contributed by atoms with Gasteiger partial charge in [0, 0.05) is 36.5 Å². The highest BCUT2D eigenvalue weighted by molar-refractivity contribution is 6.01. The zero-order valence-electron chi connectivity index (χ0n) is 23.7. The van der Waals surface area contributed by atoms with Crippen molar-refractivity contribution in [1.29, 1.82) is 0 Å². The minimum Gasteiger partial charge on any atom is -0.494 e. The number of aliphatic hydroxyl groups is 1. The molecule has 2 atom stereocenters. The van der Waals surface area contributed by atoms with E-state index in [9.17, 15) is 4.79 Å². The smallest absolute Gasteiger partial charge is 0.252 e. The van der Waals surface area contributed by atoms with Crippen LogP contribution < -0.4 is 10.1 Å². The summed E-state index contributed by atoms with van der Waals surface area (Å²) < 4.78 is 12.2. The van der Waals surface area contributed by atoms with Gasteiger partial charge in [-0.25, -0.2) is 4.99 Å². The lowest BCUT2D eigenvalue weighted by atomic mass is 9.82. The minimum atomic E-state index is -1.37. The maximum atomic E-state index is 14.3. The molecule has 1 heterocycles. The van der Waals surface area contributed by atoms with Gasteiger partial charge in [0.05, 0.1) is 13.2 Å². The number of fused-ring (bicyclic) bond motifs is 1. The van der Waals surface area contributed by atoms with Crippen molar-refractivity contribution in [3.05, 3.63) is 136 Å². The first-order valence-electron chi connectivity index (χ1n) is 14.1. The molecule has 43 heavy (non-hydrogen) atoms. The first kappa shape index (κ1) is 29.4. The maximum Gasteiger partial charge on any atom is 0.252 e. The number of rotatable bonds is 13. The van der Waals surface area contributed by atoms with Crippen LogP contribution in [0.25, 0.3) is 21.2 Å². The Kier molecular flexibility index (Phi) is 9.36. The van der Waals surface area contributed by atoms with Crippen LogP contribution in [0, 0.1) is 0 Å². The molecule has 0 aliphatic carbocycles. The van der Waals surface area contributed by atoms with Gasteiger partial charge in [-0.3, -0.25) is 4.79 Å². The van der Waals surface area contributed by atoms with E-state index in [1.165, 1.54) is 0 Å². The molecule has 218 valence electrons. The number of aliphatic hydroxyl groups excluding tert-OH is 1. The molecule has 5 rings (SSSR count). The van der Waals surface area contributed by atoms with E-state index in [0.29, 0.717) is 42.3 Å². The summed E-state index contributed by atoms with van der Waals surface area (Å²) in [7, 11) is 0. The zero-order chi connectivity index (χ0) is 30.1. The van der Waals surface area contributed by atoms with Crippen LogP contribution in [0.4, 0.5) is 0 Å². The number of hydrogen-bond acceptors (Lipinski definition) is 6. The van der Waals surface area contributed by atoms with Gasteiger partial charge in [0.2, 0.25) is 5.90 Å². The number of nitrogens with zero attached hydrogens (tertiary/aromatic N) is 4. The third kappa shape index (κ3) is 6.38. The zero-order valence-corrected chi connectivity index (χ0v) is 23.7. The maximum absolute atomic E-state index is 14.3. The second-order valence-electron chi connectivity index (χ2n) is 10.2. The Morgan fingerprint density at radius 3 is 2.60 bits per heavy atom. The number of azide groups is 1. The molecule has 0 aromatic heterocycles. The Balaban J connectivity index is 1.52. The van der Waals surface area contributed by atoms with Crippen molar-refractivity contribution in [3.63, 3.8) is 0 Å². The summed E-state index contributed by atoms with van der Waals surface area (Å²) in [5.41, 5.74) is 10.7. The van der Waals surface area contributed by atoms with Gasteiger partial charge >= 0.3 is 0 Å². The quantitative estimate of drug-likeness (QED) is 0.0615. The van der Waals surface area contributed by atoms with Gasteiger partial charge in [0.15, 0.2) is 11.6 Å². The van der Waals surface area contributed by atoms with E-state index in [2.05, 4.69) is 21.9 Å². The molecule has 9 heteroatoms. The molecule has 0 saturated heterocycles. The highest BCUT2D eigenvalue weighted by atomic mass is 16.5. The molecular formula is C34H33N5O4. The molecule has 1 aliphatic heterocycles. The van der Waals surface area contributed by atoms with E-state index < -0.39 is 11.6 Å². The van der Waals surface area contributed by atoms with Gasteiger partial charge < -0.3 is 19.9 Å². The van der Waals surface area contributed by atoms with Crippen molar-refractivity contribution in [2.45, 2.75) is 37.6 Å². The number of carbonyl (C=O) groups excluding carboxylic acids is 1. The van der Waals surface area contributed by atoms with Crippen molar-refractivity contribution in [3.8, 4) is 5.75 Å². The van der Waals surface area contributed by atoms with Crippen LogP contribution in [0.1, 0.15) is 41.2 Å².